The normalized spacial score (nSPS) is 20.8. The van der Waals surface area contributed by atoms with E-state index in [4.69, 9.17) is 10.5 Å². The lowest BCUT2D eigenvalue weighted by Gasteiger charge is -2.42. The second-order valence-electron chi connectivity index (χ2n) is 6.95. The maximum atomic E-state index is 10.1. The monoisotopic (exact) mass is 368 g/mol. The molecule has 0 bridgehead atoms. The van der Waals surface area contributed by atoms with Gasteiger partial charge in [-0.15, -0.1) is 5.10 Å². The number of nitrogens with one attached hydrogen (secondary N) is 1. The van der Waals surface area contributed by atoms with Gasteiger partial charge in [0.25, 0.3) is 0 Å². The molecule has 2 aromatic rings. The number of nitriles is 3. The molecule has 1 unspecified atom stereocenters. The predicted molar refractivity (Wildman–Crippen MR) is 99.3 cm³/mol. The number of aromatic nitrogens is 2. The van der Waals surface area contributed by atoms with Crippen molar-refractivity contribution in [3.63, 3.8) is 0 Å². The highest BCUT2D eigenvalue weighted by Gasteiger charge is 2.53. The first-order valence-corrected chi connectivity index (χ1v) is 8.80. The molecule has 136 valence electrons. The van der Waals surface area contributed by atoms with Gasteiger partial charge >= 0.3 is 0 Å². The molecule has 1 aliphatic heterocycles. The second kappa shape index (κ2) is 6.30. The van der Waals surface area contributed by atoms with Crippen LogP contribution in [0.15, 0.2) is 41.8 Å². The lowest BCUT2D eigenvalue weighted by molar-refractivity contribution is 0.308. The predicted octanol–water partition coefficient (Wildman–Crippen LogP) is 2.80. The summed E-state index contributed by atoms with van der Waals surface area (Å²) in [6.07, 6.45) is 5.59. The number of rotatable bonds is 2. The van der Waals surface area contributed by atoms with Crippen LogP contribution in [0.1, 0.15) is 40.8 Å². The van der Waals surface area contributed by atoms with E-state index in [2.05, 4.69) is 40.6 Å². The third-order valence-electron chi connectivity index (χ3n) is 5.53. The lowest BCUT2D eigenvalue weighted by Crippen LogP contribution is -2.42. The summed E-state index contributed by atoms with van der Waals surface area (Å²) in [5.74, 6) is 0.288. The standard InChI is InChI=1S/C21H16N6O/c1-12-18-20(27-26-12)28-19(25)17(11-24)21(18,15-4-2-3-5-15)16-7-13(9-22)6-14(8-16)10-23/h2-3,6-8,15H,4-5,25H2,1H3,(H,26,27). The minimum absolute atomic E-state index is 0.00531. The molecule has 0 saturated carbocycles. The highest BCUT2D eigenvalue weighted by molar-refractivity contribution is 5.64. The number of nitrogens with zero attached hydrogens (tertiary/aromatic N) is 4. The Balaban J connectivity index is 2.16. The summed E-state index contributed by atoms with van der Waals surface area (Å²) in [6, 6.07) is 11.5. The van der Waals surface area contributed by atoms with E-state index >= 15 is 0 Å². The largest absolute Gasteiger partial charge is 0.420 e. The van der Waals surface area contributed by atoms with E-state index in [0.29, 0.717) is 22.6 Å². The van der Waals surface area contributed by atoms with Gasteiger partial charge in [0.2, 0.25) is 11.8 Å². The number of nitrogens with two attached hydrogens (primary N) is 1. The van der Waals surface area contributed by atoms with Crippen LogP contribution in [-0.4, -0.2) is 10.2 Å². The van der Waals surface area contributed by atoms with Crippen molar-refractivity contribution in [2.45, 2.75) is 25.2 Å². The Morgan fingerprint density at radius 2 is 1.75 bits per heavy atom. The second-order valence-corrected chi connectivity index (χ2v) is 6.95. The van der Waals surface area contributed by atoms with Gasteiger partial charge in [-0.05, 0) is 49.4 Å². The summed E-state index contributed by atoms with van der Waals surface area (Å²) in [4.78, 5) is 0. The van der Waals surface area contributed by atoms with E-state index in [1.807, 2.05) is 6.92 Å². The van der Waals surface area contributed by atoms with Crippen LogP contribution < -0.4 is 10.5 Å². The summed E-state index contributed by atoms with van der Waals surface area (Å²) in [7, 11) is 0. The van der Waals surface area contributed by atoms with Gasteiger partial charge in [0.05, 0.1) is 34.2 Å². The van der Waals surface area contributed by atoms with Gasteiger partial charge in [0.15, 0.2) is 0 Å². The van der Waals surface area contributed by atoms with Gasteiger partial charge in [0.1, 0.15) is 11.6 Å². The van der Waals surface area contributed by atoms with Crippen molar-refractivity contribution in [2.24, 2.45) is 11.7 Å². The number of aryl methyl sites for hydroxylation is 1. The molecule has 7 heteroatoms. The van der Waals surface area contributed by atoms with Crippen molar-refractivity contribution in [3.8, 4) is 24.1 Å². The SMILES string of the molecule is Cc1[nH]nc2c1C(c1cc(C#N)cc(C#N)c1)(C1CC=CC1)C(C#N)=C(N)O2. The van der Waals surface area contributed by atoms with Crippen LogP contribution in [0.3, 0.4) is 0 Å². The van der Waals surface area contributed by atoms with Gasteiger partial charge in [0, 0.05) is 5.69 Å². The molecule has 7 nitrogen and oxygen atoms in total. The highest BCUT2D eigenvalue weighted by atomic mass is 16.5. The molecule has 3 N–H and O–H groups in total. The zero-order valence-corrected chi connectivity index (χ0v) is 15.2. The van der Waals surface area contributed by atoms with Gasteiger partial charge in [-0.25, -0.2) is 0 Å². The molecule has 2 aliphatic rings. The van der Waals surface area contributed by atoms with E-state index in [0.717, 1.165) is 24.1 Å². The molecule has 1 atom stereocenters. The number of hydrogen-bond acceptors (Lipinski definition) is 6. The van der Waals surface area contributed by atoms with E-state index in [1.54, 1.807) is 12.1 Å². The quantitative estimate of drug-likeness (QED) is 0.782. The van der Waals surface area contributed by atoms with Crippen molar-refractivity contribution in [2.75, 3.05) is 0 Å². The number of fused-ring (bicyclic) bond motifs is 1. The Morgan fingerprint density at radius 3 is 2.32 bits per heavy atom. The summed E-state index contributed by atoms with van der Waals surface area (Å²) >= 11 is 0. The number of aromatic amines is 1. The molecule has 0 amide bonds. The average Bonchev–Trinajstić information content (AvgIpc) is 3.37. The van der Waals surface area contributed by atoms with Crippen LogP contribution in [0.2, 0.25) is 0 Å². The van der Waals surface area contributed by atoms with Crippen LogP contribution in [0.25, 0.3) is 0 Å². The molecule has 1 aliphatic carbocycles. The summed E-state index contributed by atoms with van der Waals surface area (Å²) < 4.78 is 5.65. The maximum Gasteiger partial charge on any atom is 0.244 e. The van der Waals surface area contributed by atoms with E-state index in [9.17, 15) is 15.8 Å². The minimum atomic E-state index is -0.967. The van der Waals surface area contributed by atoms with Crippen molar-refractivity contribution in [1.82, 2.24) is 10.2 Å². The Hall–Kier alpha value is -4.02. The zero-order valence-electron chi connectivity index (χ0n) is 15.2. The van der Waals surface area contributed by atoms with Gasteiger partial charge < -0.3 is 10.5 Å². The van der Waals surface area contributed by atoms with Crippen LogP contribution >= 0.6 is 0 Å². The fraction of sp³-hybridized carbons (Fsp3) is 0.238. The van der Waals surface area contributed by atoms with Crippen LogP contribution in [0.5, 0.6) is 5.88 Å². The van der Waals surface area contributed by atoms with Crippen molar-refractivity contribution in [1.29, 1.82) is 15.8 Å². The molecule has 2 heterocycles. The van der Waals surface area contributed by atoms with Crippen molar-refractivity contribution >= 4 is 0 Å². The lowest BCUT2D eigenvalue weighted by atomic mass is 9.59. The fourth-order valence-electron chi connectivity index (χ4n) is 4.45. The van der Waals surface area contributed by atoms with Crippen molar-refractivity contribution in [3.05, 3.63) is 69.8 Å². The van der Waals surface area contributed by atoms with Crippen molar-refractivity contribution < 1.29 is 4.74 Å². The van der Waals surface area contributed by atoms with E-state index in [-0.39, 0.29) is 17.4 Å². The van der Waals surface area contributed by atoms with Gasteiger partial charge in [-0.2, -0.15) is 15.8 Å². The third kappa shape index (κ3) is 2.22. The molecule has 1 aromatic carbocycles. The average molecular weight is 368 g/mol. The first-order chi connectivity index (χ1) is 13.6. The van der Waals surface area contributed by atoms with Gasteiger partial charge in [-0.1, -0.05) is 12.2 Å². The number of benzene rings is 1. The van der Waals surface area contributed by atoms with Crippen LogP contribution in [-0.2, 0) is 5.41 Å². The molecule has 0 saturated heterocycles. The first-order valence-electron chi connectivity index (χ1n) is 8.80. The Morgan fingerprint density at radius 1 is 1.11 bits per heavy atom. The molecule has 28 heavy (non-hydrogen) atoms. The Kier molecular flexibility index (Phi) is 3.91. The minimum Gasteiger partial charge on any atom is -0.420 e. The number of hydrogen-bond donors (Lipinski definition) is 2. The van der Waals surface area contributed by atoms with Crippen LogP contribution in [0.4, 0.5) is 0 Å². The maximum absolute atomic E-state index is 10.1. The molecule has 0 radical (unpaired) electrons. The van der Waals surface area contributed by atoms with Gasteiger partial charge in [-0.3, -0.25) is 5.10 Å². The van der Waals surface area contributed by atoms with E-state index in [1.165, 1.54) is 6.07 Å². The number of ether oxygens (including phenoxy) is 1. The molecule has 4 rings (SSSR count). The molecular weight excluding hydrogens is 352 g/mol. The zero-order chi connectivity index (χ0) is 19.9. The number of allylic oxidation sites excluding steroid dienone is 3. The topological polar surface area (TPSA) is 135 Å². The summed E-state index contributed by atoms with van der Waals surface area (Å²) in [5.41, 5.74) is 8.33. The third-order valence-corrected chi connectivity index (χ3v) is 5.53. The van der Waals surface area contributed by atoms with Crippen LogP contribution in [0, 0.1) is 46.8 Å². The Bertz CT molecular complexity index is 1130. The number of H-pyrrole nitrogens is 1. The fourth-order valence-corrected chi connectivity index (χ4v) is 4.45. The van der Waals surface area contributed by atoms with E-state index < -0.39 is 5.41 Å². The molecule has 0 fully saturated rings. The highest BCUT2D eigenvalue weighted by Crippen LogP contribution is 2.55. The smallest absolute Gasteiger partial charge is 0.244 e. The summed E-state index contributed by atoms with van der Waals surface area (Å²) in [5, 5.41) is 36.2. The molecule has 0 spiro atoms. The molecular formula is C21H16N6O. The first kappa shape index (κ1) is 17.4. The molecule has 1 aromatic heterocycles. The Labute approximate surface area is 162 Å². The summed E-state index contributed by atoms with van der Waals surface area (Å²) in [6.45, 7) is 1.86.